The van der Waals surface area contributed by atoms with E-state index < -0.39 is 5.25 Å². The van der Waals surface area contributed by atoms with Crippen LogP contribution in [0.5, 0.6) is 5.75 Å². The van der Waals surface area contributed by atoms with Crippen LogP contribution in [0.1, 0.15) is 38.4 Å². The first kappa shape index (κ1) is 22.8. The van der Waals surface area contributed by atoms with E-state index in [0.29, 0.717) is 22.3 Å². The summed E-state index contributed by atoms with van der Waals surface area (Å²) in [5.41, 5.74) is 3.16. The fourth-order valence-electron chi connectivity index (χ4n) is 2.83. The van der Waals surface area contributed by atoms with Crippen LogP contribution in [-0.2, 0) is 11.2 Å². The highest BCUT2D eigenvalue weighted by Gasteiger charge is 2.19. The highest BCUT2D eigenvalue weighted by atomic mass is 32.2. The molecular formula is C23H24N4O2S2. The van der Waals surface area contributed by atoms with E-state index in [-0.39, 0.29) is 5.91 Å². The number of pyridine rings is 1. The number of nitrogens with zero attached hydrogens (tertiary/aromatic N) is 3. The van der Waals surface area contributed by atoms with E-state index in [1.807, 2.05) is 42.6 Å². The zero-order valence-corrected chi connectivity index (χ0v) is 19.3. The van der Waals surface area contributed by atoms with E-state index in [9.17, 15) is 10.1 Å². The fraction of sp³-hybridized carbons (Fsp3) is 0.304. The Hall–Kier alpha value is -2.89. The third-order valence-electron chi connectivity index (χ3n) is 4.40. The molecule has 1 N–H and O–H groups in total. The summed E-state index contributed by atoms with van der Waals surface area (Å²) >= 11 is 2.66. The van der Waals surface area contributed by atoms with Gasteiger partial charge in [-0.3, -0.25) is 4.79 Å². The van der Waals surface area contributed by atoms with E-state index in [0.717, 1.165) is 35.5 Å². The molecule has 3 rings (SSSR count). The number of anilines is 1. The predicted octanol–water partition coefficient (Wildman–Crippen LogP) is 5.55. The van der Waals surface area contributed by atoms with Gasteiger partial charge in [-0.25, -0.2) is 9.97 Å². The van der Waals surface area contributed by atoms with Gasteiger partial charge >= 0.3 is 0 Å². The number of rotatable bonds is 9. The molecule has 0 radical (unpaired) electrons. The van der Waals surface area contributed by atoms with Crippen molar-refractivity contribution < 1.29 is 9.53 Å². The Balaban J connectivity index is 1.65. The van der Waals surface area contributed by atoms with Gasteiger partial charge in [-0.05, 0) is 56.7 Å². The average molecular weight is 453 g/mol. The van der Waals surface area contributed by atoms with Gasteiger partial charge in [-0.1, -0.05) is 25.1 Å². The van der Waals surface area contributed by atoms with Crippen LogP contribution in [0, 0.1) is 11.3 Å². The van der Waals surface area contributed by atoms with E-state index >= 15 is 0 Å². The molecule has 1 atom stereocenters. The van der Waals surface area contributed by atoms with Crippen LogP contribution < -0.4 is 10.1 Å². The molecule has 3 aromatic rings. The second-order valence-electron chi connectivity index (χ2n) is 6.76. The number of carbonyl (C=O) groups excluding carboxylic acids is 1. The Morgan fingerprint density at radius 1 is 1.23 bits per heavy atom. The number of amides is 1. The number of nitriles is 1. The average Bonchev–Trinajstić information content (AvgIpc) is 3.23. The molecule has 1 unspecified atom stereocenters. The number of hydrogen-bond donors (Lipinski definition) is 1. The Morgan fingerprint density at radius 2 is 2.00 bits per heavy atom. The van der Waals surface area contributed by atoms with Gasteiger partial charge in [0.2, 0.25) is 5.91 Å². The van der Waals surface area contributed by atoms with Gasteiger partial charge in [0.1, 0.15) is 16.8 Å². The van der Waals surface area contributed by atoms with Crippen LogP contribution >= 0.6 is 23.1 Å². The standard InChI is InChI=1S/C23H24N4O2S2/c1-4-6-18-10-7-17(13-24)22(25-18)31-15(3)21(28)27-23-26-20(14-30-23)16-8-11-19(12-9-16)29-5-2/h7-12,14-15H,4-6H2,1-3H3,(H,26,27,28). The number of aromatic nitrogens is 2. The molecule has 31 heavy (non-hydrogen) atoms. The Morgan fingerprint density at radius 3 is 2.68 bits per heavy atom. The highest BCUT2D eigenvalue weighted by molar-refractivity contribution is 8.00. The minimum Gasteiger partial charge on any atom is -0.494 e. The summed E-state index contributed by atoms with van der Waals surface area (Å²) in [7, 11) is 0. The van der Waals surface area contributed by atoms with E-state index in [2.05, 4.69) is 28.3 Å². The Labute approximate surface area is 190 Å². The number of thioether (sulfide) groups is 1. The molecule has 0 fully saturated rings. The van der Waals surface area contributed by atoms with Crippen molar-refractivity contribution in [1.29, 1.82) is 5.26 Å². The van der Waals surface area contributed by atoms with E-state index in [4.69, 9.17) is 4.74 Å². The van der Waals surface area contributed by atoms with Gasteiger partial charge in [0, 0.05) is 16.6 Å². The van der Waals surface area contributed by atoms with Crippen LogP contribution in [-0.4, -0.2) is 27.7 Å². The molecule has 0 aliphatic carbocycles. The summed E-state index contributed by atoms with van der Waals surface area (Å²) in [6.07, 6.45) is 1.81. The quantitative estimate of drug-likeness (QED) is 0.428. The molecule has 1 aromatic carbocycles. The van der Waals surface area contributed by atoms with Crippen LogP contribution in [0.3, 0.4) is 0 Å². The lowest BCUT2D eigenvalue weighted by molar-refractivity contribution is -0.115. The molecule has 0 aliphatic rings. The van der Waals surface area contributed by atoms with Crippen molar-refractivity contribution in [2.24, 2.45) is 0 Å². The van der Waals surface area contributed by atoms with E-state index in [1.165, 1.54) is 23.1 Å². The number of nitrogens with one attached hydrogen (secondary N) is 1. The number of carbonyl (C=O) groups is 1. The zero-order chi connectivity index (χ0) is 22.2. The molecule has 0 aliphatic heterocycles. The molecule has 0 saturated carbocycles. The smallest absolute Gasteiger partial charge is 0.239 e. The molecule has 160 valence electrons. The third-order valence-corrected chi connectivity index (χ3v) is 6.26. The molecule has 1 amide bonds. The minimum atomic E-state index is -0.422. The lowest BCUT2D eigenvalue weighted by atomic mass is 10.2. The largest absolute Gasteiger partial charge is 0.494 e. The lowest BCUT2D eigenvalue weighted by Gasteiger charge is -2.12. The monoisotopic (exact) mass is 452 g/mol. The number of benzene rings is 1. The van der Waals surface area contributed by atoms with Crippen molar-refractivity contribution in [3.05, 3.63) is 53.0 Å². The van der Waals surface area contributed by atoms with Gasteiger partial charge in [0.25, 0.3) is 0 Å². The first-order valence-electron chi connectivity index (χ1n) is 10.1. The molecule has 0 bridgehead atoms. The maximum atomic E-state index is 12.7. The van der Waals surface area contributed by atoms with Crippen molar-refractivity contribution in [1.82, 2.24) is 9.97 Å². The van der Waals surface area contributed by atoms with Crippen molar-refractivity contribution in [2.75, 3.05) is 11.9 Å². The molecule has 2 heterocycles. The number of aryl methyl sites for hydroxylation is 1. The number of hydrogen-bond acceptors (Lipinski definition) is 7. The van der Waals surface area contributed by atoms with Crippen molar-refractivity contribution in [3.63, 3.8) is 0 Å². The van der Waals surface area contributed by atoms with Crippen LogP contribution in [0.2, 0.25) is 0 Å². The van der Waals surface area contributed by atoms with E-state index in [1.54, 1.807) is 13.0 Å². The fourth-order valence-corrected chi connectivity index (χ4v) is 4.46. The van der Waals surface area contributed by atoms with Gasteiger partial charge in [0.05, 0.1) is 23.1 Å². The minimum absolute atomic E-state index is 0.177. The Bertz CT molecular complexity index is 1070. The first-order chi connectivity index (χ1) is 15.0. The maximum absolute atomic E-state index is 12.7. The Kier molecular flexibility index (Phi) is 8.04. The van der Waals surface area contributed by atoms with Crippen LogP contribution in [0.25, 0.3) is 11.3 Å². The third kappa shape index (κ3) is 6.06. The van der Waals surface area contributed by atoms with Gasteiger partial charge in [0.15, 0.2) is 5.13 Å². The van der Waals surface area contributed by atoms with Gasteiger partial charge in [-0.15, -0.1) is 11.3 Å². The maximum Gasteiger partial charge on any atom is 0.239 e. The summed E-state index contributed by atoms with van der Waals surface area (Å²) in [5, 5.41) is 14.8. The second kappa shape index (κ2) is 10.9. The molecule has 2 aromatic heterocycles. The van der Waals surface area contributed by atoms with Crippen molar-refractivity contribution in [3.8, 4) is 23.1 Å². The number of ether oxygens (including phenoxy) is 1. The molecule has 6 nitrogen and oxygen atoms in total. The molecule has 0 saturated heterocycles. The first-order valence-corrected chi connectivity index (χ1v) is 11.9. The topological polar surface area (TPSA) is 87.9 Å². The summed E-state index contributed by atoms with van der Waals surface area (Å²) in [5.74, 6) is 0.637. The van der Waals surface area contributed by atoms with Gasteiger partial charge < -0.3 is 10.1 Å². The lowest BCUT2D eigenvalue weighted by Crippen LogP contribution is -2.22. The summed E-state index contributed by atoms with van der Waals surface area (Å²) in [6, 6.07) is 13.5. The van der Waals surface area contributed by atoms with Gasteiger partial charge in [-0.2, -0.15) is 5.26 Å². The molecule has 8 heteroatoms. The SMILES string of the molecule is CCCc1ccc(C#N)c(SC(C)C(=O)Nc2nc(-c3ccc(OCC)cc3)cs2)n1. The summed E-state index contributed by atoms with van der Waals surface area (Å²) in [4.78, 5) is 21.8. The molecule has 0 spiro atoms. The van der Waals surface area contributed by atoms with Crippen molar-refractivity contribution >= 4 is 34.1 Å². The highest BCUT2D eigenvalue weighted by Crippen LogP contribution is 2.29. The van der Waals surface area contributed by atoms with Crippen LogP contribution in [0.4, 0.5) is 5.13 Å². The molecular weight excluding hydrogens is 428 g/mol. The summed E-state index contributed by atoms with van der Waals surface area (Å²) < 4.78 is 5.46. The predicted molar refractivity (Wildman–Crippen MR) is 126 cm³/mol. The second-order valence-corrected chi connectivity index (χ2v) is 8.95. The zero-order valence-electron chi connectivity index (χ0n) is 17.7. The summed E-state index contributed by atoms with van der Waals surface area (Å²) in [6.45, 7) is 6.45. The normalized spacial score (nSPS) is 11.5. The van der Waals surface area contributed by atoms with Crippen molar-refractivity contribution in [2.45, 2.75) is 43.9 Å². The van der Waals surface area contributed by atoms with Crippen LogP contribution in [0.15, 0.2) is 46.8 Å². The number of thiazole rings is 1.